The van der Waals surface area contributed by atoms with Gasteiger partial charge in [0.05, 0.1) is 15.2 Å². The lowest BCUT2D eigenvalue weighted by Crippen LogP contribution is -2.29. The highest BCUT2D eigenvalue weighted by Crippen LogP contribution is 2.32. The van der Waals surface area contributed by atoms with Gasteiger partial charge in [-0.15, -0.1) is 11.3 Å². The number of aromatic nitrogens is 1. The Morgan fingerprint density at radius 2 is 2.00 bits per heavy atom. The van der Waals surface area contributed by atoms with Crippen molar-refractivity contribution in [2.75, 3.05) is 5.32 Å². The second kappa shape index (κ2) is 6.14. The Morgan fingerprint density at radius 3 is 2.62 bits per heavy atom. The van der Waals surface area contributed by atoms with E-state index in [4.69, 9.17) is 9.84 Å². The molecule has 2 heterocycles. The van der Waals surface area contributed by atoms with Crippen molar-refractivity contribution < 1.29 is 19.4 Å². The maximum Gasteiger partial charge on any atom is 0.332 e. The van der Waals surface area contributed by atoms with Gasteiger partial charge in [-0.05, 0) is 31.0 Å². The van der Waals surface area contributed by atoms with Crippen molar-refractivity contribution in [3.63, 3.8) is 0 Å². The molecule has 1 amide bonds. The van der Waals surface area contributed by atoms with Gasteiger partial charge in [-0.3, -0.25) is 4.79 Å². The molecule has 2 atom stereocenters. The van der Waals surface area contributed by atoms with Crippen LogP contribution in [0.25, 0.3) is 10.2 Å². The van der Waals surface area contributed by atoms with Crippen LogP contribution in [-0.2, 0) is 19.7 Å². The molecule has 0 saturated carbocycles. The van der Waals surface area contributed by atoms with Crippen LogP contribution in [0.2, 0.25) is 0 Å². The van der Waals surface area contributed by atoms with Crippen molar-refractivity contribution in [1.29, 1.82) is 0 Å². The normalized spacial score (nSPS) is 21.1. The minimum absolute atomic E-state index is 0.0172. The van der Waals surface area contributed by atoms with E-state index in [-0.39, 0.29) is 11.3 Å². The van der Waals surface area contributed by atoms with E-state index in [0.29, 0.717) is 18.5 Å². The Labute approximate surface area is 143 Å². The smallest absolute Gasteiger partial charge is 0.332 e. The predicted molar refractivity (Wildman–Crippen MR) is 92.5 cm³/mol. The summed E-state index contributed by atoms with van der Waals surface area (Å²) in [5.41, 5.74) is 1.56. The molecule has 0 unspecified atom stereocenters. The molecule has 1 fully saturated rings. The number of benzene rings is 1. The van der Waals surface area contributed by atoms with Gasteiger partial charge in [0.2, 0.25) is 0 Å². The number of carbonyl (C=O) groups is 2. The van der Waals surface area contributed by atoms with E-state index in [0.717, 1.165) is 15.2 Å². The quantitative estimate of drug-likeness (QED) is 0.889. The van der Waals surface area contributed by atoms with Crippen LogP contribution in [0.4, 0.5) is 5.69 Å². The highest BCUT2D eigenvalue weighted by molar-refractivity contribution is 7.18. The summed E-state index contributed by atoms with van der Waals surface area (Å²) in [7, 11) is 0. The molecule has 0 bridgehead atoms. The van der Waals surface area contributed by atoms with Crippen molar-refractivity contribution in [3.8, 4) is 0 Å². The summed E-state index contributed by atoms with van der Waals surface area (Å²) in [6.07, 6.45) is -0.830. The monoisotopic (exact) mass is 348 g/mol. The van der Waals surface area contributed by atoms with Gasteiger partial charge >= 0.3 is 5.97 Å². The lowest BCUT2D eigenvalue weighted by Gasteiger charge is -2.13. The largest absolute Gasteiger partial charge is 0.479 e. The third-order valence-electron chi connectivity index (χ3n) is 3.89. The number of carbonyl (C=O) groups excluding carboxylic acids is 1. The molecule has 7 heteroatoms. The van der Waals surface area contributed by atoms with Gasteiger partial charge in [-0.1, -0.05) is 20.8 Å². The number of carboxylic acid groups (broad SMARTS) is 1. The number of nitrogens with zero attached hydrogens (tertiary/aromatic N) is 1. The Hall–Kier alpha value is -1.99. The average molecular weight is 348 g/mol. The van der Waals surface area contributed by atoms with Crippen molar-refractivity contribution in [1.82, 2.24) is 4.98 Å². The molecule has 2 N–H and O–H groups in total. The summed E-state index contributed by atoms with van der Waals surface area (Å²) in [5, 5.41) is 12.8. The fourth-order valence-corrected chi connectivity index (χ4v) is 3.62. The molecular weight excluding hydrogens is 328 g/mol. The fourth-order valence-electron chi connectivity index (χ4n) is 2.56. The van der Waals surface area contributed by atoms with Crippen LogP contribution in [0, 0.1) is 0 Å². The number of hydrogen-bond acceptors (Lipinski definition) is 5. The maximum absolute atomic E-state index is 12.2. The number of thiazole rings is 1. The van der Waals surface area contributed by atoms with Gasteiger partial charge < -0.3 is 15.2 Å². The van der Waals surface area contributed by atoms with E-state index in [2.05, 4.69) is 31.1 Å². The van der Waals surface area contributed by atoms with Gasteiger partial charge in [0.15, 0.2) is 6.10 Å². The summed E-state index contributed by atoms with van der Waals surface area (Å²) >= 11 is 1.61. The molecule has 1 saturated heterocycles. The van der Waals surface area contributed by atoms with Gasteiger partial charge in [0.1, 0.15) is 6.10 Å². The standard InChI is InChI=1S/C17H20N2O4S/c1-17(2,3)16-19-10-5-4-9(8-13(10)24-16)18-14(20)11-6-7-12(23-11)15(21)22/h4-5,8,11-12H,6-7H2,1-3H3,(H,18,20)(H,21,22)/t11-,12+/m0/s1. The topological polar surface area (TPSA) is 88.5 Å². The van der Waals surface area contributed by atoms with Gasteiger partial charge in [0.25, 0.3) is 5.91 Å². The van der Waals surface area contributed by atoms with Gasteiger partial charge in [-0.25, -0.2) is 9.78 Å². The molecular formula is C17H20N2O4S. The zero-order valence-corrected chi connectivity index (χ0v) is 14.6. The van der Waals surface area contributed by atoms with E-state index < -0.39 is 18.2 Å². The minimum Gasteiger partial charge on any atom is -0.479 e. The first-order chi connectivity index (χ1) is 11.2. The molecule has 128 valence electrons. The molecule has 1 aromatic heterocycles. The van der Waals surface area contributed by atoms with Gasteiger partial charge in [0, 0.05) is 11.1 Å². The molecule has 1 aliphatic rings. The summed E-state index contributed by atoms with van der Waals surface area (Å²) in [4.78, 5) is 27.8. The van der Waals surface area contributed by atoms with Crippen LogP contribution < -0.4 is 5.32 Å². The number of amides is 1. The van der Waals surface area contributed by atoms with Crippen molar-refractivity contribution in [2.45, 2.75) is 51.2 Å². The molecule has 0 radical (unpaired) electrons. The first-order valence-corrected chi connectivity index (χ1v) is 8.66. The van der Waals surface area contributed by atoms with Crippen molar-refractivity contribution in [3.05, 3.63) is 23.2 Å². The second-order valence-electron chi connectivity index (χ2n) is 6.97. The number of aliphatic carboxylic acids is 1. The van der Waals surface area contributed by atoms with Crippen LogP contribution in [0.1, 0.15) is 38.6 Å². The molecule has 0 aliphatic carbocycles. The summed E-state index contributed by atoms with van der Waals surface area (Å²) in [6.45, 7) is 6.34. The first-order valence-electron chi connectivity index (χ1n) is 7.84. The van der Waals surface area contributed by atoms with E-state index in [9.17, 15) is 9.59 Å². The molecule has 0 spiro atoms. The lowest BCUT2D eigenvalue weighted by molar-refractivity contribution is -0.150. The molecule has 1 aromatic carbocycles. The molecule has 6 nitrogen and oxygen atoms in total. The number of hydrogen-bond donors (Lipinski definition) is 2. The minimum atomic E-state index is -1.02. The van der Waals surface area contributed by atoms with Crippen molar-refractivity contribution in [2.24, 2.45) is 0 Å². The summed E-state index contributed by atoms with van der Waals surface area (Å²) < 4.78 is 6.28. The number of ether oxygens (including phenoxy) is 1. The Morgan fingerprint density at radius 1 is 1.29 bits per heavy atom. The van der Waals surface area contributed by atoms with E-state index >= 15 is 0 Å². The Kier molecular flexibility index (Phi) is 4.31. The number of rotatable bonds is 3. The predicted octanol–water partition coefficient (Wildman–Crippen LogP) is 3.16. The second-order valence-corrected chi connectivity index (χ2v) is 8.00. The molecule has 2 aromatic rings. The van der Waals surface area contributed by atoms with Crippen molar-refractivity contribution >= 4 is 39.1 Å². The van der Waals surface area contributed by atoms with Crippen LogP contribution in [0.15, 0.2) is 18.2 Å². The highest BCUT2D eigenvalue weighted by atomic mass is 32.1. The SMILES string of the molecule is CC(C)(C)c1nc2ccc(NC(=O)[C@@H]3CC[C@H](C(=O)O)O3)cc2s1. The first kappa shape index (κ1) is 16.9. The lowest BCUT2D eigenvalue weighted by atomic mass is 9.98. The number of nitrogens with one attached hydrogen (secondary N) is 1. The fraction of sp³-hybridized carbons (Fsp3) is 0.471. The zero-order chi connectivity index (χ0) is 17.5. The molecule has 24 heavy (non-hydrogen) atoms. The van der Waals surface area contributed by atoms with Gasteiger partial charge in [-0.2, -0.15) is 0 Å². The summed E-state index contributed by atoms with van der Waals surface area (Å²) in [6, 6.07) is 5.58. The Bertz CT molecular complexity index is 793. The molecule has 1 aliphatic heterocycles. The van der Waals surface area contributed by atoms with Crippen LogP contribution in [0.5, 0.6) is 0 Å². The van der Waals surface area contributed by atoms with Crippen LogP contribution in [-0.4, -0.2) is 34.2 Å². The third-order valence-corrected chi connectivity index (χ3v) is 5.33. The van der Waals surface area contributed by atoms with E-state index in [1.165, 1.54) is 0 Å². The highest BCUT2D eigenvalue weighted by Gasteiger charge is 2.34. The van der Waals surface area contributed by atoms with Crippen LogP contribution in [0.3, 0.4) is 0 Å². The maximum atomic E-state index is 12.2. The molecule has 3 rings (SSSR count). The number of carboxylic acids is 1. The third kappa shape index (κ3) is 3.42. The average Bonchev–Trinajstić information content (AvgIpc) is 3.13. The summed E-state index contributed by atoms with van der Waals surface area (Å²) in [5.74, 6) is -1.33. The van der Waals surface area contributed by atoms with E-state index in [1.54, 1.807) is 17.4 Å². The number of anilines is 1. The zero-order valence-electron chi connectivity index (χ0n) is 13.8. The Balaban J connectivity index is 1.73. The van der Waals surface area contributed by atoms with Crippen LogP contribution >= 0.6 is 11.3 Å². The number of fused-ring (bicyclic) bond motifs is 1. The van der Waals surface area contributed by atoms with E-state index in [1.807, 2.05) is 12.1 Å².